The van der Waals surface area contributed by atoms with E-state index in [1.54, 1.807) is 4.68 Å². The van der Waals surface area contributed by atoms with Gasteiger partial charge in [0, 0.05) is 13.0 Å². The van der Waals surface area contributed by atoms with Crippen molar-refractivity contribution >= 4 is 17.7 Å². The van der Waals surface area contributed by atoms with Gasteiger partial charge in [0.15, 0.2) is 11.0 Å². The Bertz CT molecular complexity index is 419. The zero-order chi connectivity index (χ0) is 12.4. The Kier molecular flexibility index (Phi) is 3.71. The van der Waals surface area contributed by atoms with Gasteiger partial charge in [-0.1, -0.05) is 25.1 Å². The number of thioether (sulfide) groups is 1. The first-order valence-electron chi connectivity index (χ1n) is 5.83. The molecular formula is C11H17N3O2S. The maximum atomic E-state index is 10.5. The minimum absolute atomic E-state index is 0.0339. The molecule has 1 aliphatic rings. The van der Waals surface area contributed by atoms with Gasteiger partial charge in [0.2, 0.25) is 0 Å². The van der Waals surface area contributed by atoms with Crippen molar-refractivity contribution in [2.75, 3.05) is 5.75 Å². The van der Waals surface area contributed by atoms with Gasteiger partial charge in [0.25, 0.3) is 0 Å². The summed E-state index contributed by atoms with van der Waals surface area (Å²) in [5.74, 6) is 1.17. The molecule has 0 amide bonds. The number of aryl methyl sites for hydroxylation is 1. The number of carboxylic acid groups (broad SMARTS) is 1. The van der Waals surface area contributed by atoms with Gasteiger partial charge < -0.3 is 5.11 Å². The van der Waals surface area contributed by atoms with Crippen LogP contribution in [-0.4, -0.2) is 31.6 Å². The quantitative estimate of drug-likeness (QED) is 0.832. The van der Waals surface area contributed by atoms with Gasteiger partial charge in [-0.05, 0) is 18.8 Å². The average molecular weight is 255 g/mol. The van der Waals surface area contributed by atoms with E-state index in [-0.39, 0.29) is 5.75 Å². The highest BCUT2D eigenvalue weighted by Gasteiger charge is 2.28. The molecule has 0 radical (unpaired) electrons. The number of rotatable bonds is 4. The minimum Gasteiger partial charge on any atom is -0.481 e. The number of hydrogen-bond acceptors (Lipinski definition) is 4. The van der Waals surface area contributed by atoms with Crippen LogP contribution in [0.25, 0.3) is 0 Å². The highest BCUT2D eigenvalue weighted by Crippen LogP contribution is 2.38. The van der Waals surface area contributed by atoms with E-state index in [1.807, 2.05) is 7.05 Å². The standard InChI is InChI=1S/C11H17N3O2S/c1-7-4-3-5-8(7)10-12-11(14(2)13-10)17-6-9(15)16/h7-8H,3-6H2,1-2H3,(H,15,16). The van der Waals surface area contributed by atoms with E-state index in [2.05, 4.69) is 17.0 Å². The molecule has 2 rings (SSSR count). The lowest BCUT2D eigenvalue weighted by Crippen LogP contribution is -2.04. The van der Waals surface area contributed by atoms with Gasteiger partial charge in [-0.15, -0.1) is 0 Å². The topological polar surface area (TPSA) is 68.0 Å². The number of hydrogen-bond donors (Lipinski definition) is 1. The summed E-state index contributed by atoms with van der Waals surface area (Å²) >= 11 is 1.23. The van der Waals surface area contributed by atoms with Gasteiger partial charge in [0.1, 0.15) is 0 Å². The van der Waals surface area contributed by atoms with Crippen molar-refractivity contribution in [3.8, 4) is 0 Å². The minimum atomic E-state index is -0.825. The maximum absolute atomic E-state index is 10.5. The van der Waals surface area contributed by atoms with E-state index in [1.165, 1.54) is 24.6 Å². The molecule has 0 aliphatic heterocycles. The summed E-state index contributed by atoms with van der Waals surface area (Å²) in [6.07, 6.45) is 3.62. The highest BCUT2D eigenvalue weighted by atomic mass is 32.2. The molecule has 1 N–H and O–H groups in total. The summed E-state index contributed by atoms with van der Waals surface area (Å²) in [7, 11) is 1.82. The molecule has 0 spiro atoms. The van der Waals surface area contributed by atoms with E-state index in [9.17, 15) is 4.79 Å². The first kappa shape index (κ1) is 12.4. The highest BCUT2D eigenvalue weighted by molar-refractivity contribution is 7.99. The van der Waals surface area contributed by atoms with Crippen molar-refractivity contribution in [2.45, 2.75) is 37.3 Å². The molecule has 1 aromatic heterocycles. The molecule has 2 atom stereocenters. The molecule has 6 heteroatoms. The largest absolute Gasteiger partial charge is 0.481 e. The van der Waals surface area contributed by atoms with Crippen molar-refractivity contribution in [1.82, 2.24) is 14.8 Å². The molecule has 1 heterocycles. The second-order valence-corrected chi connectivity index (χ2v) is 5.52. The molecule has 0 bridgehead atoms. The van der Waals surface area contributed by atoms with Crippen molar-refractivity contribution < 1.29 is 9.90 Å². The van der Waals surface area contributed by atoms with E-state index >= 15 is 0 Å². The van der Waals surface area contributed by atoms with Crippen LogP contribution < -0.4 is 0 Å². The smallest absolute Gasteiger partial charge is 0.313 e. The Hall–Kier alpha value is -1.04. The van der Waals surface area contributed by atoms with Crippen LogP contribution in [0.1, 0.15) is 37.9 Å². The molecule has 2 unspecified atom stereocenters. The summed E-state index contributed by atoms with van der Waals surface area (Å²) in [6.45, 7) is 2.23. The van der Waals surface area contributed by atoms with Crippen LogP contribution in [0.15, 0.2) is 5.16 Å². The zero-order valence-electron chi connectivity index (χ0n) is 10.1. The van der Waals surface area contributed by atoms with Gasteiger partial charge in [0.05, 0.1) is 5.75 Å². The fourth-order valence-corrected chi connectivity index (χ4v) is 2.97. The molecule has 1 saturated carbocycles. The molecule has 0 saturated heterocycles. The SMILES string of the molecule is CC1CCCC1c1nc(SCC(=O)O)n(C)n1. The number of aliphatic carboxylic acids is 1. The predicted octanol–water partition coefficient (Wildman–Crippen LogP) is 1.90. The second-order valence-electron chi connectivity index (χ2n) is 4.57. The van der Waals surface area contributed by atoms with Crippen LogP contribution in [-0.2, 0) is 11.8 Å². The zero-order valence-corrected chi connectivity index (χ0v) is 10.9. The fourth-order valence-electron chi connectivity index (χ4n) is 2.33. The molecule has 5 nitrogen and oxygen atoms in total. The third-order valence-electron chi connectivity index (χ3n) is 3.26. The number of carboxylic acids is 1. The normalized spacial score (nSPS) is 24.1. The van der Waals surface area contributed by atoms with E-state index in [0.717, 1.165) is 12.2 Å². The molecule has 17 heavy (non-hydrogen) atoms. The monoisotopic (exact) mass is 255 g/mol. The Morgan fingerprint density at radius 1 is 1.59 bits per heavy atom. The van der Waals surface area contributed by atoms with Crippen LogP contribution in [0, 0.1) is 5.92 Å². The Balaban J connectivity index is 2.09. The summed E-state index contributed by atoms with van der Waals surface area (Å²) < 4.78 is 1.69. The van der Waals surface area contributed by atoms with Gasteiger partial charge in [-0.25, -0.2) is 9.67 Å². The fraction of sp³-hybridized carbons (Fsp3) is 0.727. The van der Waals surface area contributed by atoms with Gasteiger partial charge >= 0.3 is 5.97 Å². The average Bonchev–Trinajstić information content (AvgIpc) is 2.82. The van der Waals surface area contributed by atoms with Gasteiger partial charge in [-0.3, -0.25) is 4.79 Å². The lowest BCUT2D eigenvalue weighted by Gasteiger charge is -2.09. The number of nitrogens with zero attached hydrogens (tertiary/aromatic N) is 3. The molecule has 1 fully saturated rings. The summed E-state index contributed by atoms with van der Waals surface area (Å²) in [4.78, 5) is 15.0. The van der Waals surface area contributed by atoms with Crippen LogP contribution >= 0.6 is 11.8 Å². The first-order valence-corrected chi connectivity index (χ1v) is 6.82. The van der Waals surface area contributed by atoms with Crippen LogP contribution in [0.5, 0.6) is 0 Å². The number of carbonyl (C=O) groups is 1. The summed E-state index contributed by atoms with van der Waals surface area (Å²) in [5.41, 5.74) is 0. The van der Waals surface area contributed by atoms with Crippen LogP contribution in [0.3, 0.4) is 0 Å². The first-order chi connectivity index (χ1) is 8.08. The summed E-state index contributed by atoms with van der Waals surface area (Å²) in [6, 6.07) is 0. The van der Waals surface area contributed by atoms with E-state index in [0.29, 0.717) is 17.0 Å². The number of aromatic nitrogens is 3. The summed E-state index contributed by atoms with van der Waals surface area (Å²) in [5, 5.41) is 13.8. The third-order valence-corrected chi connectivity index (χ3v) is 4.26. The third kappa shape index (κ3) is 2.80. The molecular weight excluding hydrogens is 238 g/mol. The lowest BCUT2D eigenvalue weighted by molar-refractivity contribution is -0.133. The van der Waals surface area contributed by atoms with E-state index < -0.39 is 5.97 Å². The second kappa shape index (κ2) is 5.08. The Labute approximate surface area is 105 Å². The lowest BCUT2D eigenvalue weighted by atomic mass is 9.98. The molecule has 1 aromatic rings. The molecule has 94 valence electrons. The van der Waals surface area contributed by atoms with E-state index in [4.69, 9.17) is 5.11 Å². The van der Waals surface area contributed by atoms with Crippen LogP contribution in [0.2, 0.25) is 0 Å². The van der Waals surface area contributed by atoms with Crippen molar-refractivity contribution in [3.05, 3.63) is 5.82 Å². The van der Waals surface area contributed by atoms with Crippen molar-refractivity contribution in [2.24, 2.45) is 13.0 Å². The molecule has 0 aromatic carbocycles. The molecule has 1 aliphatic carbocycles. The Morgan fingerprint density at radius 2 is 2.35 bits per heavy atom. The predicted molar refractivity (Wildman–Crippen MR) is 65.1 cm³/mol. The maximum Gasteiger partial charge on any atom is 0.313 e. The Morgan fingerprint density at radius 3 is 2.94 bits per heavy atom. The van der Waals surface area contributed by atoms with Crippen molar-refractivity contribution in [3.63, 3.8) is 0 Å². The van der Waals surface area contributed by atoms with Crippen LogP contribution in [0.4, 0.5) is 0 Å². The van der Waals surface area contributed by atoms with Gasteiger partial charge in [-0.2, -0.15) is 5.10 Å². The van der Waals surface area contributed by atoms with Crippen molar-refractivity contribution in [1.29, 1.82) is 0 Å².